The van der Waals surface area contributed by atoms with Gasteiger partial charge in [-0.1, -0.05) is 18.8 Å². The van der Waals surface area contributed by atoms with E-state index in [1.807, 2.05) is 13.0 Å². The average molecular weight is 267 g/mol. The highest BCUT2D eigenvalue weighted by Crippen LogP contribution is 2.21. The van der Waals surface area contributed by atoms with Crippen LogP contribution in [0.5, 0.6) is 0 Å². The minimum Gasteiger partial charge on any atom is -0.392 e. The molecule has 18 heavy (non-hydrogen) atoms. The number of aliphatic hydroxyl groups excluding tert-OH is 1. The average Bonchev–Trinajstić information content (AvgIpc) is 2.32. The minimum absolute atomic E-state index is 0.117. The van der Waals surface area contributed by atoms with Crippen LogP contribution in [0, 0.1) is 17.7 Å². The fraction of sp³-hybridized carbons (Fsp3) is 0.429. The maximum absolute atomic E-state index is 13.4. The Morgan fingerprint density at radius 3 is 2.72 bits per heavy atom. The molecule has 0 aromatic heterocycles. The van der Waals surface area contributed by atoms with E-state index in [1.165, 1.54) is 12.1 Å². The molecule has 0 aliphatic carbocycles. The van der Waals surface area contributed by atoms with Crippen molar-refractivity contribution in [2.24, 2.45) is 5.73 Å². The Morgan fingerprint density at radius 1 is 1.39 bits per heavy atom. The predicted molar refractivity (Wildman–Crippen MR) is 74.8 cm³/mol. The van der Waals surface area contributed by atoms with Crippen LogP contribution >= 0.6 is 11.8 Å². The van der Waals surface area contributed by atoms with E-state index < -0.39 is 0 Å². The molecule has 0 saturated carbocycles. The highest BCUT2D eigenvalue weighted by atomic mass is 32.2. The third-order valence-corrected chi connectivity index (χ3v) is 3.90. The Morgan fingerprint density at radius 2 is 2.11 bits per heavy atom. The van der Waals surface area contributed by atoms with Gasteiger partial charge in [-0.05, 0) is 30.7 Å². The van der Waals surface area contributed by atoms with Gasteiger partial charge in [-0.25, -0.2) is 4.39 Å². The summed E-state index contributed by atoms with van der Waals surface area (Å²) >= 11 is 1.59. The van der Waals surface area contributed by atoms with Crippen LogP contribution in [-0.2, 0) is 5.75 Å². The van der Waals surface area contributed by atoms with E-state index >= 15 is 0 Å². The highest BCUT2D eigenvalue weighted by Gasteiger charge is 2.09. The number of benzene rings is 1. The van der Waals surface area contributed by atoms with Gasteiger partial charge in [-0.2, -0.15) is 11.8 Å². The maximum atomic E-state index is 13.4. The first-order valence-electron chi connectivity index (χ1n) is 5.81. The van der Waals surface area contributed by atoms with Crippen molar-refractivity contribution in [1.29, 1.82) is 0 Å². The van der Waals surface area contributed by atoms with Crippen LogP contribution in [0.1, 0.15) is 25.0 Å². The Bertz CT molecular complexity index is 451. The molecule has 0 saturated heterocycles. The molecular weight excluding hydrogens is 249 g/mol. The summed E-state index contributed by atoms with van der Waals surface area (Å²) in [6.45, 7) is 3.96. The maximum Gasteiger partial charge on any atom is 0.124 e. The highest BCUT2D eigenvalue weighted by molar-refractivity contribution is 7.99. The third kappa shape index (κ3) is 5.09. The molecule has 0 aliphatic heterocycles. The van der Waals surface area contributed by atoms with Crippen LogP contribution in [0.25, 0.3) is 0 Å². The van der Waals surface area contributed by atoms with Gasteiger partial charge in [0.25, 0.3) is 0 Å². The largest absolute Gasteiger partial charge is 0.392 e. The summed E-state index contributed by atoms with van der Waals surface area (Å²) in [4.78, 5) is 0. The molecule has 2 unspecified atom stereocenters. The fourth-order valence-corrected chi connectivity index (χ4v) is 2.23. The normalized spacial score (nSPS) is 13.6. The van der Waals surface area contributed by atoms with Crippen molar-refractivity contribution in [3.8, 4) is 11.8 Å². The topological polar surface area (TPSA) is 46.2 Å². The lowest BCUT2D eigenvalue weighted by Gasteiger charge is -2.14. The molecule has 1 aromatic rings. The molecule has 0 amide bonds. The molecule has 0 fully saturated rings. The third-order valence-electron chi connectivity index (χ3n) is 2.48. The van der Waals surface area contributed by atoms with Gasteiger partial charge in [0.1, 0.15) is 5.82 Å². The zero-order valence-corrected chi connectivity index (χ0v) is 11.4. The van der Waals surface area contributed by atoms with Crippen LogP contribution in [0.2, 0.25) is 0 Å². The summed E-state index contributed by atoms with van der Waals surface area (Å²) in [7, 11) is 0. The summed E-state index contributed by atoms with van der Waals surface area (Å²) in [6.07, 6.45) is -0.375. The summed E-state index contributed by atoms with van der Waals surface area (Å²) in [5, 5.41) is 9.51. The predicted octanol–water partition coefficient (Wildman–Crippen LogP) is 2.14. The molecule has 1 rings (SSSR count). The zero-order valence-electron chi connectivity index (χ0n) is 10.6. The zero-order chi connectivity index (χ0) is 13.5. The van der Waals surface area contributed by atoms with Crippen LogP contribution < -0.4 is 5.73 Å². The number of halogens is 1. The van der Waals surface area contributed by atoms with Crippen molar-refractivity contribution < 1.29 is 9.50 Å². The monoisotopic (exact) mass is 267 g/mol. The van der Waals surface area contributed by atoms with E-state index in [4.69, 9.17) is 5.73 Å². The van der Waals surface area contributed by atoms with Gasteiger partial charge in [-0.15, -0.1) is 0 Å². The Balaban J connectivity index is 2.74. The summed E-state index contributed by atoms with van der Waals surface area (Å²) in [5.41, 5.74) is 6.79. The van der Waals surface area contributed by atoms with Crippen molar-refractivity contribution in [3.05, 3.63) is 35.1 Å². The number of nitrogens with two attached hydrogens (primary N) is 1. The molecule has 0 aliphatic rings. The van der Waals surface area contributed by atoms with E-state index in [-0.39, 0.29) is 23.7 Å². The lowest BCUT2D eigenvalue weighted by Crippen LogP contribution is -2.15. The van der Waals surface area contributed by atoms with E-state index in [0.717, 1.165) is 5.56 Å². The molecule has 0 bridgehead atoms. The second-order valence-corrected chi connectivity index (χ2v) is 5.48. The van der Waals surface area contributed by atoms with Crippen LogP contribution in [0.15, 0.2) is 18.2 Å². The number of rotatable bonds is 4. The Kier molecular flexibility index (Phi) is 6.20. The van der Waals surface area contributed by atoms with Crippen LogP contribution in [-0.4, -0.2) is 23.0 Å². The molecule has 0 heterocycles. The number of hydrogen-bond acceptors (Lipinski definition) is 3. The summed E-state index contributed by atoms with van der Waals surface area (Å²) < 4.78 is 13.4. The lowest BCUT2D eigenvalue weighted by molar-refractivity contribution is 0.196. The quantitative estimate of drug-likeness (QED) is 0.822. The number of aliphatic hydroxyl groups is 1. The second kappa shape index (κ2) is 7.42. The second-order valence-electron chi connectivity index (χ2n) is 4.11. The molecule has 98 valence electrons. The molecule has 3 N–H and O–H groups in total. The molecule has 1 aromatic carbocycles. The molecule has 0 radical (unpaired) electrons. The SMILES string of the molecule is CC(O)C(C)SCc1cc(F)cc(C#CCN)c1. The van der Waals surface area contributed by atoms with Gasteiger partial charge in [0.05, 0.1) is 12.6 Å². The Hall–Kier alpha value is -1.02. The fourth-order valence-electron chi connectivity index (χ4n) is 1.33. The standard InChI is InChI=1S/C14H18FNOS/c1-10(17)11(2)18-9-13-6-12(4-3-5-16)7-14(15)8-13/h6-8,10-11,17H,5,9,16H2,1-2H3. The minimum atomic E-state index is -0.375. The van der Waals surface area contributed by atoms with E-state index in [9.17, 15) is 9.50 Å². The van der Waals surface area contributed by atoms with Gasteiger partial charge in [0.2, 0.25) is 0 Å². The van der Waals surface area contributed by atoms with Crippen molar-refractivity contribution in [3.63, 3.8) is 0 Å². The number of hydrogen-bond donors (Lipinski definition) is 2. The van der Waals surface area contributed by atoms with Crippen molar-refractivity contribution in [2.45, 2.75) is 31.0 Å². The van der Waals surface area contributed by atoms with Gasteiger partial charge in [-0.3, -0.25) is 0 Å². The van der Waals surface area contributed by atoms with E-state index in [0.29, 0.717) is 11.3 Å². The van der Waals surface area contributed by atoms with Gasteiger partial charge < -0.3 is 10.8 Å². The van der Waals surface area contributed by atoms with Gasteiger partial charge in [0, 0.05) is 16.6 Å². The molecule has 4 heteroatoms. The van der Waals surface area contributed by atoms with Gasteiger partial charge in [0.15, 0.2) is 0 Å². The van der Waals surface area contributed by atoms with Gasteiger partial charge >= 0.3 is 0 Å². The van der Waals surface area contributed by atoms with Crippen LogP contribution in [0.4, 0.5) is 4.39 Å². The lowest BCUT2D eigenvalue weighted by atomic mass is 10.1. The molecular formula is C14H18FNOS. The first-order chi connectivity index (χ1) is 8.52. The van der Waals surface area contributed by atoms with Crippen LogP contribution in [0.3, 0.4) is 0 Å². The van der Waals surface area contributed by atoms with Crippen molar-refractivity contribution in [1.82, 2.24) is 0 Å². The summed E-state index contributed by atoms with van der Waals surface area (Å²) in [6, 6.07) is 4.75. The molecule has 2 atom stereocenters. The van der Waals surface area contributed by atoms with E-state index in [2.05, 4.69) is 11.8 Å². The molecule has 0 spiro atoms. The first kappa shape index (κ1) is 15.0. The Labute approximate surface area is 112 Å². The van der Waals surface area contributed by atoms with Crippen molar-refractivity contribution in [2.75, 3.05) is 6.54 Å². The van der Waals surface area contributed by atoms with E-state index in [1.54, 1.807) is 18.7 Å². The van der Waals surface area contributed by atoms with Crippen molar-refractivity contribution >= 4 is 11.8 Å². The summed E-state index contributed by atoms with van der Waals surface area (Å²) in [5.74, 6) is 5.89. The first-order valence-corrected chi connectivity index (χ1v) is 6.86. The molecule has 2 nitrogen and oxygen atoms in total. The smallest absolute Gasteiger partial charge is 0.124 e. The number of thioether (sulfide) groups is 1.